The highest BCUT2D eigenvalue weighted by atomic mass is 31.0. The third-order valence-corrected chi connectivity index (χ3v) is 4.93. The third kappa shape index (κ3) is 0.976. The number of rotatable bonds is 0. The van der Waals surface area contributed by atoms with Gasteiger partial charge in [0.2, 0.25) is 5.91 Å². The number of hydrogen-bond donors (Lipinski definition) is 0. The van der Waals surface area contributed by atoms with Gasteiger partial charge in [0.1, 0.15) is 5.60 Å². The van der Waals surface area contributed by atoms with Crippen molar-refractivity contribution in [3.63, 3.8) is 0 Å². The van der Waals surface area contributed by atoms with Gasteiger partial charge in [-0.25, -0.2) is 0 Å². The van der Waals surface area contributed by atoms with Crippen LogP contribution in [0.2, 0.25) is 0 Å². The Kier molecular flexibility index (Phi) is 2.01. The fraction of sp³-hybridized carbons (Fsp3) is 0.900. The smallest absolute Gasteiger partial charge is 0.232 e. The van der Waals surface area contributed by atoms with Gasteiger partial charge in [-0.15, -0.1) is 0 Å². The van der Waals surface area contributed by atoms with Crippen LogP contribution in [0.15, 0.2) is 0 Å². The quantitative estimate of drug-likeness (QED) is 0.574. The number of hydrogen-bond acceptors (Lipinski definition) is 2. The van der Waals surface area contributed by atoms with Crippen molar-refractivity contribution in [1.29, 1.82) is 0 Å². The summed E-state index contributed by atoms with van der Waals surface area (Å²) in [6.07, 6.45) is 1.05. The summed E-state index contributed by atoms with van der Waals surface area (Å²) in [5, 5.41) is 0. The van der Waals surface area contributed by atoms with Crippen LogP contribution in [0.4, 0.5) is 0 Å². The molecule has 2 unspecified atom stereocenters. The molecule has 0 aromatic rings. The number of fused-ring (bicyclic) bond motifs is 1. The number of carbonyl (C=O) groups is 1. The van der Waals surface area contributed by atoms with Crippen molar-refractivity contribution in [3.05, 3.63) is 0 Å². The summed E-state index contributed by atoms with van der Waals surface area (Å²) in [4.78, 5) is 12.0. The van der Waals surface area contributed by atoms with Crippen molar-refractivity contribution in [2.24, 2.45) is 5.92 Å². The summed E-state index contributed by atoms with van der Waals surface area (Å²) in [6, 6.07) is 0. The lowest BCUT2D eigenvalue weighted by atomic mass is 9.79. The molecule has 0 saturated carbocycles. The Bertz CT molecular complexity index is 292. The van der Waals surface area contributed by atoms with Crippen molar-refractivity contribution in [2.45, 2.75) is 51.4 Å². The molecule has 2 aliphatic rings. The SMILES string of the molecule is CC1C[C@H]2C(=O)N(P)C(C)(C)[C@@]2(C)O1. The summed E-state index contributed by atoms with van der Waals surface area (Å²) in [6.45, 7) is 8.23. The standard InChI is InChI=1S/C10H18NO2P/c1-6-5-7-8(12)11(14)9(2,3)10(7,4)13-6/h6-7H,5,14H2,1-4H3/t6?,7-,10-/m0/s1. The Balaban J connectivity index is 2.44. The normalized spacial score (nSPS) is 45.8. The molecular weight excluding hydrogens is 197 g/mol. The minimum Gasteiger partial charge on any atom is -0.369 e. The molecule has 2 aliphatic heterocycles. The Morgan fingerprint density at radius 3 is 2.57 bits per heavy atom. The zero-order valence-corrected chi connectivity index (χ0v) is 10.4. The van der Waals surface area contributed by atoms with Crippen molar-refractivity contribution in [3.8, 4) is 0 Å². The van der Waals surface area contributed by atoms with E-state index in [9.17, 15) is 4.79 Å². The maximum Gasteiger partial charge on any atom is 0.232 e. The zero-order valence-electron chi connectivity index (χ0n) is 9.20. The lowest BCUT2D eigenvalue weighted by molar-refractivity contribution is -0.128. The molecule has 0 aliphatic carbocycles. The highest BCUT2D eigenvalue weighted by Crippen LogP contribution is 2.53. The topological polar surface area (TPSA) is 29.5 Å². The molecule has 80 valence electrons. The molecule has 4 heteroatoms. The average Bonchev–Trinajstić information content (AvgIpc) is 2.44. The van der Waals surface area contributed by atoms with Crippen LogP contribution < -0.4 is 0 Å². The first kappa shape index (κ1) is 10.4. The van der Waals surface area contributed by atoms with Crippen LogP contribution in [0.25, 0.3) is 0 Å². The first-order valence-corrected chi connectivity index (χ1v) is 5.59. The fourth-order valence-electron chi connectivity index (χ4n) is 2.69. The molecule has 0 bridgehead atoms. The Hall–Kier alpha value is -0.140. The number of ether oxygens (including phenoxy) is 1. The molecule has 4 atom stereocenters. The largest absolute Gasteiger partial charge is 0.369 e. The monoisotopic (exact) mass is 215 g/mol. The summed E-state index contributed by atoms with van der Waals surface area (Å²) in [5.74, 6) is 0.233. The fourth-order valence-corrected chi connectivity index (χ4v) is 3.13. The van der Waals surface area contributed by atoms with E-state index in [2.05, 4.69) is 30.2 Å². The van der Waals surface area contributed by atoms with Crippen LogP contribution in [-0.4, -0.2) is 27.8 Å². The van der Waals surface area contributed by atoms with Crippen LogP contribution in [0.5, 0.6) is 0 Å². The van der Waals surface area contributed by atoms with Crippen LogP contribution in [0.3, 0.4) is 0 Å². The summed E-state index contributed by atoms with van der Waals surface area (Å²) < 4.78 is 7.71. The molecule has 2 saturated heterocycles. The van der Waals surface area contributed by atoms with Crippen molar-refractivity contribution >= 4 is 15.3 Å². The second-order valence-corrected chi connectivity index (χ2v) is 5.61. The van der Waals surface area contributed by atoms with Gasteiger partial charge in [-0.1, -0.05) is 0 Å². The Labute approximate surface area is 87.4 Å². The number of amides is 1. The number of nitrogens with zero attached hydrogens (tertiary/aromatic N) is 1. The van der Waals surface area contributed by atoms with E-state index in [0.717, 1.165) is 6.42 Å². The molecule has 0 radical (unpaired) electrons. The molecule has 14 heavy (non-hydrogen) atoms. The predicted molar refractivity (Wildman–Crippen MR) is 57.7 cm³/mol. The molecule has 1 amide bonds. The zero-order chi connectivity index (χ0) is 10.7. The third-order valence-electron chi connectivity index (χ3n) is 4.03. The molecule has 2 rings (SSSR count). The van der Waals surface area contributed by atoms with Gasteiger partial charge >= 0.3 is 0 Å². The van der Waals surface area contributed by atoms with E-state index in [1.807, 2.05) is 6.92 Å². The van der Waals surface area contributed by atoms with E-state index >= 15 is 0 Å². The van der Waals surface area contributed by atoms with Crippen molar-refractivity contribution in [1.82, 2.24) is 4.67 Å². The average molecular weight is 215 g/mol. The van der Waals surface area contributed by atoms with Crippen molar-refractivity contribution in [2.75, 3.05) is 0 Å². The van der Waals surface area contributed by atoms with Gasteiger partial charge in [-0.05, 0) is 43.5 Å². The molecular formula is C10H18NO2P. The van der Waals surface area contributed by atoms with Gasteiger partial charge in [0, 0.05) is 0 Å². The molecule has 0 N–H and O–H groups in total. The van der Waals surface area contributed by atoms with Crippen LogP contribution in [0.1, 0.15) is 34.1 Å². The van der Waals surface area contributed by atoms with Crippen LogP contribution in [-0.2, 0) is 9.53 Å². The maximum absolute atomic E-state index is 12.0. The Morgan fingerprint density at radius 1 is 1.50 bits per heavy atom. The second kappa shape index (κ2) is 2.70. The van der Waals surface area contributed by atoms with E-state index in [1.54, 1.807) is 4.67 Å². The first-order chi connectivity index (χ1) is 6.30. The molecule has 0 aromatic carbocycles. The van der Waals surface area contributed by atoms with Gasteiger partial charge < -0.3 is 9.41 Å². The van der Waals surface area contributed by atoms with Gasteiger partial charge in [-0.2, -0.15) is 0 Å². The summed E-state index contributed by atoms with van der Waals surface area (Å²) in [5.41, 5.74) is -0.560. The van der Waals surface area contributed by atoms with E-state index in [4.69, 9.17) is 4.74 Å². The lowest BCUT2D eigenvalue weighted by Crippen LogP contribution is -2.51. The van der Waals surface area contributed by atoms with E-state index in [0.29, 0.717) is 0 Å². The molecule has 2 fully saturated rings. The second-order valence-electron chi connectivity index (χ2n) is 5.09. The maximum atomic E-state index is 12.0. The van der Waals surface area contributed by atoms with Crippen LogP contribution in [0, 0.1) is 5.92 Å². The first-order valence-electron chi connectivity index (χ1n) is 5.07. The van der Waals surface area contributed by atoms with Gasteiger partial charge in [0.25, 0.3) is 0 Å². The minimum atomic E-state index is -0.328. The van der Waals surface area contributed by atoms with E-state index in [-0.39, 0.29) is 29.1 Å². The number of carbonyl (C=O) groups excluding carboxylic acids is 1. The molecule has 3 nitrogen and oxygen atoms in total. The van der Waals surface area contributed by atoms with E-state index in [1.165, 1.54) is 0 Å². The van der Waals surface area contributed by atoms with Crippen LogP contribution >= 0.6 is 9.39 Å². The molecule has 2 heterocycles. The highest BCUT2D eigenvalue weighted by molar-refractivity contribution is 7.14. The van der Waals surface area contributed by atoms with Gasteiger partial charge in [-0.3, -0.25) is 4.79 Å². The highest BCUT2D eigenvalue weighted by Gasteiger charge is 2.64. The molecule has 0 aromatic heterocycles. The predicted octanol–water partition coefficient (Wildman–Crippen LogP) is 1.58. The van der Waals surface area contributed by atoms with Gasteiger partial charge in [0.05, 0.1) is 17.6 Å². The van der Waals surface area contributed by atoms with Gasteiger partial charge in [0.15, 0.2) is 0 Å². The van der Waals surface area contributed by atoms with Crippen molar-refractivity contribution < 1.29 is 9.53 Å². The minimum absolute atomic E-state index is 0.0324. The Morgan fingerprint density at radius 2 is 2.07 bits per heavy atom. The summed E-state index contributed by atoms with van der Waals surface area (Å²) in [7, 11) is 2.53. The summed E-state index contributed by atoms with van der Waals surface area (Å²) >= 11 is 0. The van der Waals surface area contributed by atoms with E-state index < -0.39 is 0 Å². The molecule has 0 spiro atoms. The lowest BCUT2D eigenvalue weighted by Gasteiger charge is -2.40.